The van der Waals surface area contributed by atoms with E-state index in [1.165, 1.54) is 51.4 Å². The highest BCUT2D eigenvalue weighted by atomic mass is 16.5. The second-order valence-electron chi connectivity index (χ2n) is 13.6. The van der Waals surface area contributed by atoms with E-state index < -0.39 is 0 Å². The lowest BCUT2D eigenvalue weighted by Gasteiger charge is -2.61. The molecule has 8 atom stereocenters. The number of hydrogen-bond acceptors (Lipinski definition) is 2. The number of hydrogen-bond donors (Lipinski definition) is 0. The molecule has 4 aliphatic rings. The smallest absolute Gasteiger partial charge is 0.302 e. The van der Waals surface area contributed by atoms with Crippen molar-refractivity contribution in [3.8, 4) is 0 Å². The van der Waals surface area contributed by atoms with E-state index >= 15 is 0 Å². The van der Waals surface area contributed by atoms with Crippen molar-refractivity contribution in [2.45, 2.75) is 126 Å². The van der Waals surface area contributed by atoms with Crippen molar-refractivity contribution in [3.63, 3.8) is 0 Å². The molecule has 0 radical (unpaired) electrons. The molecule has 0 saturated heterocycles. The summed E-state index contributed by atoms with van der Waals surface area (Å²) in [5.41, 5.74) is 4.64. The standard InChI is InChI=1S/C32H52O2/c1-9-24(21(2)3)11-10-22(4)27-15-18-32(8)29-13-12-25-20-26(34-23(5)33)14-17-30(25,6)28(29)16-19-31(27,32)7/h9,13,21-22,25-28H,10-12,14-20H2,1-8H3/b24-9+/t22-,25+,26+,27-,28+,30+,31-,32+/m1/s1. The highest BCUT2D eigenvalue weighted by molar-refractivity contribution is 5.66. The van der Waals surface area contributed by atoms with Crippen LogP contribution in [0, 0.1) is 45.8 Å². The van der Waals surface area contributed by atoms with Crippen LogP contribution in [0.2, 0.25) is 0 Å². The summed E-state index contributed by atoms with van der Waals surface area (Å²) in [5, 5.41) is 0. The van der Waals surface area contributed by atoms with Crippen LogP contribution in [0.15, 0.2) is 23.3 Å². The van der Waals surface area contributed by atoms with E-state index in [1.54, 1.807) is 12.5 Å². The normalized spacial score (nSPS) is 43.0. The van der Waals surface area contributed by atoms with Crippen LogP contribution in [-0.4, -0.2) is 12.1 Å². The molecule has 2 nitrogen and oxygen atoms in total. The molecule has 0 aromatic rings. The highest BCUT2D eigenvalue weighted by Crippen LogP contribution is 2.72. The van der Waals surface area contributed by atoms with Gasteiger partial charge in [0.15, 0.2) is 0 Å². The molecule has 34 heavy (non-hydrogen) atoms. The Morgan fingerprint density at radius 3 is 2.50 bits per heavy atom. The maximum absolute atomic E-state index is 11.6. The Kier molecular flexibility index (Phi) is 7.22. The Morgan fingerprint density at radius 2 is 1.85 bits per heavy atom. The summed E-state index contributed by atoms with van der Waals surface area (Å²) in [6.07, 6.45) is 17.8. The Balaban J connectivity index is 1.53. The molecule has 0 unspecified atom stereocenters. The molecule has 0 spiro atoms. The molecule has 2 heteroatoms. The van der Waals surface area contributed by atoms with Crippen LogP contribution in [0.3, 0.4) is 0 Å². The first-order chi connectivity index (χ1) is 16.0. The number of fused-ring (bicyclic) bond motifs is 5. The summed E-state index contributed by atoms with van der Waals surface area (Å²) < 4.78 is 5.67. The monoisotopic (exact) mass is 468 g/mol. The van der Waals surface area contributed by atoms with Crippen LogP contribution < -0.4 is 0 Å². The highest BCUT2D eigenvalue weighted by Gasteiger charge is 2.63. The quantitative estimate of drug-likeness (QED) is 0.287. The summed E-state index contributed by atoms with van der Waals surface area (Å²) in [6, 6.07) is 0. The molecule has 0 aromatic carbocycles. The Morgan fingerprint density at radius 1 is 1.12 bits per heavy atom. The molecule has 3 saturated carbocycles. The van der Waals surface area contributed by atoms with E-state index in [4.69, 9.17) is 4.74 Å². The van der Waals surface area contributed by atoms with Crippen molar-refractivity contribution in [1.29, 1.82) is 0 Å². The number of allylic oxidation sites excluding steroid dienone is 4. The molecule has 0 N–H and O–H groups in total. The largest absolute Gasteiger partial charge is 0.463 e. The number of carbonyl (C=O) groups excluding carboxylic acids is 1. The molecule has 192 valence electrons. The fourth-order valence-corrected chi connectivity index (χ4v) is 9.52. The number of rotatable bonds is 6. The van der Waals surface area contributed by atoms with Crippen LogP contribution in [-0.2, 0) is 9.53 Å². The zero-order valence-corrected chi connectivity index (χ0v) is 23.5. The fourth-order valence-electron chi connectivity index (χ4n) is 9.52. The van der Waals surface area contributed by atoms with Gasteiger partial charge >= 0.3 is 5.97 Å². The van der Waals surface area contributed by atoms with Crippen molar-refractivity contribution >= 4 is 5.97 Å². The third-order valence-corrected chi connectivity index (χ3v) is 11.9. The van der Waals surface area contributed by atoms with Gasteiger partial charge < -0.3 is 4.74 Å². The third kappa shape index (κ3) is 4.13. The predicted molar refractivity (Wildman–Crippen MR) is 142 cm³/mol. The topological polar surface area (TPSA) is 26.3 Å². The SMILES string of the molecule is C/C=C(\CC[C@@H](C)[C@H]1CC[C@@]2(C)C3=CC[C@H]4C[C@@H](OC(C)=O)CC[C@]4(C)[C@H]3CC[C@]12C)C(C)C. The molecule has 3 fully saturated rings. The predicted octanol–water partition coefficient (Wildman–Crippen LogP) is 8.91. The molecular formula is C32H52O2. The molecule has 0 bridgehead atoms. The van der Waals surface area contributed by atoms with Gasteiger partial charge in [0.1, 0.15) is 6.10 Å². The molecule has 0 heterocycles. The molecule has 4 aliphatic carbocycles. The van der Waals surface area contributed by atoms with Crippen molar-refractivity contribution in [1.82, 2.24) is 0 Å². The van der Waals surface area contributed by atoms with Crippen molar-refractivity contribution in [2.75, 3.05) is 0 Å². The van der Waals surface area contributed by atoms with Gasteiger partial charge in [-0.05, 0) is 117 Å². The first-order valence-corrected chi connectivity index (χ1v) is 14.5. The van der Waals surface area contributed by atoms with Gasteiger partial charge in [-0.2, -0.15) is 0 Å². The molecule has 0 aromatic heterocycles. The average molecular weight is 469 g/mol. The van der Waals surface area contributed by atoms with Gasteiger partial charge in [0, 0.05) is 6.92 Å². The van der Waals surface area contributed by atoms with E-state index in [9.17, 15) is 4.79 Å². The van der Waals surface area contributed by atoms with Gasteiger partial charge in [-0.3, -0.25) is 4.79 Å². The molecular weight excluding hydrogens is 416 g/mol. The number of carbonyl (C=O) groups is 1. The second kappa shape index (κ2) is 9.44. The van der Waals surface area contributed by atoms with Crippen molar-refractivity contribution < 1.29 is 9.53 Å². The van der Waals surface area contributed by atoms with Crippen molar-refractivity contribution in [2.24, 2.45) is 45.8 Å². The fraction of sp³-hybridized carbons (Fsp3) is 0.844. The maximum atomic E-state index is 11.6. The Hall–Kier alpha value is -1.05. The van der Waals surface area contributed by atoms with Crippen LogP contribution in [0.5, 0.6) is 0 Å². The zero-order valence-electron chi connectivity index (χ0n) is 23.5. The lowest BCUT2D eigenvalue weighted by Crippen LogP contribution is -2.53. The van der Waals surface area contributed by atoms with Crippen LogP contribution in [0.25, 0.3) is 0 Å². The van der Waals surface area contributed by atoms with Gasteiger partial charge in [0.2, 0.25) is 0 Å². The maximum Gasteiger partial charge on any atom is 0.302 e. The third-order valence-electron chi connectivity index (χ3n) is 11.9. The number of esters is 1. The lowest BCUT2D eigenvalue weighted by atomic mass is 9.43. The Bertz CT molecular complexity index is 836. The van der Waals surface area contributed by atoms with E-state index in [0.29, 0.717) is 28.1 Å². The minimum absolute atomic E-state index is 0.109. The first kappa shape index (κ1) is 26.0. The summed E-state index contributed by atoms with van der Waals surface area (Å²) >= 11 is 0. The zero-order chi connectivity index (χ0) is 24.9. The first-order valence-electron chi connectivity index (χ1n) is 14.5. The van der Waals surface area contributed by atoms with Gasteiger partial charge in [0.25, 0.3) is 0 Å². The minimum Gasteiger partial charge on any atom is -0.463 e. The summed E-state index contributed by atoms with van der Waals surface area (Å²) in [6.45, 7) is 18.9. The van der Waals surface area contributed by atoms with E-state index in [1.807, 2.05) is 5.57 Å². The van der Waals surface area contributed by atoms with Crippen molar-refractivity contribution in [3.05, 3.63) is 23.3 Å². The average Bonchev–Trinajstić information content (AvgIpc) is 3.05. The molecule has 0 aliphatic heterocycles. The summed E-state index contributed by atoms with van der Waals surface area (Å²) in [7, 11) is 0. The Labute approximate surface area is 210 Å². The van der Waals surface area contributed by atoms with Gasteiger partial charge in [-0.15, -0.1) is 0 Å². The minimum atomic E-state index is -0.109. The van der Waals surface area contributed by atoms with Gasteiger partial charge in [-0.25, -0.2) is 0 Å². The summed E-state index contributed by atoms with van der Waals surface area (Å²) in [4.78, 5) is 11.6. The van der Waals surface area contributed by atoms with Crippen LogP contribution in [0.4, 0.5) is 0 Å². The van der Waals surface area contributed by atoms with Crippen LogP contribution in [0.1, 0.15) is 120 Å². The van der Waals surface area contributed by atoms with Gasteiger partial charge in [-0.1, -0.05) is 64.8 Å². The second-order valence-corrected chi connectivity index (χ2v) is 13.6. The lowest BCUT2D eigenvalue weighted by molar-refractivity contribution is -0.152. The van der Waals surface area contributed by atoms with E-state index in [-0.39, 0.29) is 12.1 Å². The van der Waals surface area contributed by atoms with E-state index in [2.05, 4.69) is 60.6 Å². The van der Waals surface area contributed by atoms with Crippen LogP contribution >= 0.6 is 0 Å². The number of ether oxygens (including phenoxy) is 1. The summed E-state index contributed by atoms with van der Waals surface area (Å²) in [5.74, 6) is 3.60. The molecule has 4 rings (SSSR count). The van der Waals surface area contributed by atoms with Gasteiger partial charge in [0.05, 0.1) is 0 Å². The van der Waals surface area contributed by atoms with E-state index in [0.717, 1.165) is 30.6 Å². The molecule has 0 amide bonds.